The molecule has 120 valence electrons. The van der Waals surface area contributed by atoms with Crippen LogP contribution in [0.1, 0.15) is 29.4 Å². The summed E-state index contributed by atoms with van der Waals surface area (Å²) in [5, 5.41) is 3.40. The van der Waals surface area contributed by atoms with Crippen LogP contribution in [0.15, 0.2) is 42.5 Å². The number of benzene rings is 2. The van der Waals surface area contributed by atoms with Crippen LogP contribution in [0.3, 0.4) is 0 Å². The van der Waals surface area contributed by atoms with Gasteiger partial charge in [-0.2, -0.15) is 0 Å². The molecule has 0 unspecified atom stereocenters. The second-order valence-corrected chi connectivity index (χ2v) is 6.14. The van der Waals surface area contributed by atoms with E-state index in [4.69, 9.17) is 4.98 Å². The number of hydrogen-bond donors (Lipinski definition) is 1. The molecule has 0 radical (unpaired) electrons. The van der Waals surface area contributed by atoms with Crippen LogP contribution in [0.2, 0.25) is 0 Å². The number of aryl methyl sites for hydroxylation is 2. The van der Waals surface area contributed by atoms with Gasteiger partial charge in [-0.15, -0.1) is 0 Å². The first-order chi connectivity index (χ1) is 11.2. The first-order valence-electron chi connectivity index (χ1n) is 8.40. The molecule has 3 aromatic rings. The van der Waals surface area contributed by atoms with E-state index in [1.807, 2.05) is 0 Å². The van der Waals surface area contributed by atoms with E-state index in [1.165, 1.54) is 22.2 Å². The van der Waals surface area contributed by atoms with Gasteiger partial charge < -0.3 is 9.88 Å². The lowest BCUT2D eigenvalue weighted by Crippen LogP contribution is -2.18. The molecule has 3 rings (SSSR count). The highest BCUT2D eigenvalue weighted by atomic mass is 15.1. The van der Waals surface area contributed by atoms with Crippen molar-refractivity contribution in [1.29, 1.82) is 0 Å². The highest BCUT2D eigenvalue weighted by molar-refractivity contribution is 5.77. The standard InChI is InChI=1S/C20H25N3/c1-4-21-12-11-20-22-18-13-15(2)9-10-19(18)23(20)14-17-8-6-5-7-16(17)3/h5-10,13,21H,4,11-12,14H2,1-3H3. The predicted octanol–water partition coefficient (Wildman–Crippen LogP) is 3.85. The molecule has 0 spiro atoms. The van der Waals surface area contributed by atoms with Gasteiger partial charge >= 0.3 is 0 Å². The van der Waals surface area contributed by atoms with Crippen molar-refractivity contribution < 1.29 is 0 Å². The van der Waals surface area contributed by atoms with Crippen molar-refractivity contribution >= 4 is 11.0 Å². The molecule has 3 heteroatoms. The molecule has 23 heavy (non-hydrogen) atoms. The molecule has 0 saturated heterocycles. The highest BCUT2D eigenvalue weighted by Crippen LogP contribution is 2.21. The van der Waals surface area contributed by atoms with E-state index in [0.29, 0.717) is 0 Å². The van der Waals surface area contributed by atoms with E-state index in [1.54, 1.807) is 0 Å². The first-order valence-corrected chi connectivity index (χ1v) is 8.40. The number of nitrogens with zero attached hydrogens (tertiary/aromatic N) is 2. The molecule has 0 bridgehead atoms. The van der Waals surface area contributed by atoms with E-state index < -0.39 is 0 Å². The van der Waals surface area contributed by atoms with E-state index in [0.717, 1.165) is 37.4 Å². The van der Waals surface area contributed by atoms with Gasteiger partial charge in [-0.3, -0.25) is 0 Å². The van der Waals surface area contributed by atoms with Crippen molar-refractivity contribution in [1.82, 2.24) is 14.9 Å². The quantitative estimate of drug-likeness (QED) is 0.701. The Bertz CT molecular complexity index is 802. The normalized spacial score (nSPS) is 11.3. The van der Waals surface area contributed by atoms with Crippen molar-refractivity contribution in [3.63, 3.8) is 0 Å². The fourth-order valence-corrected chi connectivity index (χ4v) is 2.99. The van der Waals surface area contributed by atoms with Gasteiger partial charge in [-0.05, 0) is 49.2 Å². The minimum Gasteiger partial charge on any atom is -0.323 e. The fourth-order valence-electron chi connectivity index (χ4n) is 2.99. The number of fused-ring (bicyclic) bond motifs is 1. The molecule has 3 nitrogen and oxygen atoms in total. The van der Waals surface area contributed by atoms with Crippen LogP contribution in [-0.2, 0) is 13.0 Å². The summed E-state index contributed by atoms with van der Waals surface area (Å²) < 4.78 is 2.37. The third-order valence-electron chi connectivity index (χ3n) is 4.35. The molecule has 0 fully saturated rings. The minimum absolute atomic E-state index is 0.883. The predicted molar refractivity (Wildman–Crippen MR) is 97.0 cm³/mol. The van der Waals surface area contributed by atoms with Crippen LogP contribution in [0.5, 0.6) is 0 Å². The zero-order chi connectivity index (χ0) is 16.2. The van der Waals surface area contributed by atoms with E-state index in [9.17, 15) is 0 Å². The zero-order valence-corrected chi connectivity index (χ0v) is 14.3. The molecular formula is C20H25N3. The lowest BCUT2D eigenvalue weighted by molar-refractivity contribution is 0.663. The number of aromatic nitrogens is 2. The third kappa shape index (κ3) is 3.45. The smallest absolute Gasteiger partial charge is 0.111 e. The van der Waals surface area contributed by atoms with Crippen molar-refractivity contribution in [2.75, 3.05) is 13.1 Å². The number of rotatable bonds is 6. The molecule has 0 amide bonds. The Labute approximate surface area is 138 Å². The maximum Gasteiger partial charge on any atom is 0.111 e. The average Bonchev–Trinajstić information content (AvgIpc) is 2.87. The molecule has 1 N–H and O–H groups in total. The number of imidazole rings is 1. The van der Waals surface area contributed by atoms with Gasteiger partial charge in [-0.1, -0.05) is 37.3 Å². The molecule has 0 saturated carbocycles. The minimum atomic E-state index is 0.883. The SMILES string of the molecule is CCNCCc1nc2cc(C)ccc2n1Cc1ccccc1C. The van der Waals surface area contributed by atoms with Gasteiger partial charge in [0.2, 0.25) is 0 Å². The van der Waals surface area contributed by atoms with Gasteiger partial charge in [0.1, 0.15) is 5.82 Å². The van der Waals surface area contributed by atoms with Crippen LogP contribution in [0.4, 0.5) is 0 Å². The van der Waals surface area contributed by atoms with Gasteiger partial charge in [0, 0.05) is 19.5 Å². The Morgan fingerprint density at radius 3 is 2.70 bits per heavy atom. The molecule has 1 heterocycles. The average molecular weight is 307 g/mol. The van der Waals surface area contributed by atoms with E-state index in [2.05, 4.69) is 73.1 Å². The van der Waals surface area contributed by atoms with E-state index in [-0.39, 0.29) is 0 Å². The lowest BCUT2D eigenvalue weighted by Gasteiger charge is -2.12. The maximum absolute atomic E-state index is 4.89. The van der Waals surface area contributed by atoms with Crippen molar-refractivity contribution in [3.8, 4) is 0 Å². The van der Waals surface area contributed by atoms with Crippen molar-refractivity contribution in [3.05, 3.63) is 65.0 Å². The summed E-state index contributed by atoms with van der Waals surface area (Å²) in [7, 11) is 0. The van der Waals surface area contributed by atoms with Crippen molar-refractivity contribution in [2.45, 2.75) is 33.7 Å². The van der Waals surface area contributed by atoms with Gasteiger partial charge in [0.25, 0.3) is 0 Å². The fraction of sp³-hybridized carbons (Fsp3) is 0.350. The summed E-state index contributed by atoms with van der Waals surface area (Å²) in [6.07, 6.45) is 0.952. The molecule has 0 aliphatic heterocycles. The Morgan fingerprint density at radius 2 is 1.91 bits per heavy atom. The Hall–Kier alpha value is -2.13. The van der Waals surface area contributed by atoms with Crippen molar-refractivity contribution in [2.24, 2.45) is 0 Å². The molecule has 0 aliphatic rings. The van der Waals surface area contributed by atoms with Gasteiger partial charge in [-0.25, -0.2) is 4.98 Å². The molecule has 0 atom stereocenters. The maximum atomic E-state index is 4.89. The van der Waals surface area contributed by atoms with E-state index >= 15 is 0 Å². The summed E-state index contributed by atoms with van der Waals surface area (Å²) in [5.41, 5.74) is 6.28. The number of likely N-dealkylation sites (N-methyl/N-ethyl adjacent to an activating group) is 1. The third-order valence-corrected chi connectivity index (χ3v) is 4.35. The van der Waals surface area contributed by atoms with Crippen LogP contribution in [0, 0.1) is 13.8 Å². The van der Waals surface area contributed by atoms with Crippen LogP contribution in [-0.4, -0.2) is 22.6 Å². The van der Waals surface area contributed by atoms with Crippen LogP contribution >= 0.6 is 0 Å². The van der Waals surface area contributed by atoms with Crippen LogP contribution < -0.4 is 5.32 Å². The molecule has 1 aromatic heterocycles. The summed E-state index contributed by atoms with van der Waals surface area (Å²) in [5.74, 6) is 1.16. The number of nitrogens with one attached hydrogen (secondary N) is 1. The molecule has 2 aromatic carbocycles. The Kier molecular flexibility index (Phi) is 4.77. The summed E-state index contributed by atoms with van der Waals surface area (Å²) in [6, 6.07) is 15.2. The van der Waals surface area contributed by atoms with Gasteiger partial charge in [0.05, 0.1) is 11.0 Å². The second-order valence-electron chi connectivity index (χ2n) is 6.14. The Balaban J connectivity index is 2.01. The number of hydrogen-bond acceptors (Lipinski definition) is 2. The monoisotopic (exact) mass is 307 g/mol. The summed E-state index contributed by atoms with van der Waals surface area (Å²) in [4.78, 5) is 4.89. The lowest BCUT2D eigenvalue weighted by atomic mass is 10.1. The molecule has 0 aliphatic carbocycles. The van der Waals surface area contributed by atoms with Gasteiger partial charge in [0.15, 0.2) is 0 Å². The highest BCUT2D eigenvalue weighted by Gasteiger charge is 2.12. The Morgan fingerprint density at radius 1 is 1.09 bits per heavy atom. The summed E-state index contributed by atoms with van der Waals surface area (Å²) in [6.45, 7) is 9.28. The summed E-state index contributed by atoms with van der Waals surface area (Å²) >= 11 is 0. The largest absolute Gasteiger partial charge is 0.323 e. The second kappa shape index (κ2) is 6.97. The zero-order valence-electron chi connectivity index (χ0n) is 14.3. The molecular weight excluding hydrogens is 282 g/mol. The van der Waals surface area contributed by atoms with Crippen LogP contribution in [0.25, 0.3) is 11.0 Å². The first kappa shape index (κ1) is 15.8. The topological polar surface area (TPSA) is 29.9 Å².